The van der Waals surface area contributed by atoms with Crippen LogP contribution in [0.3, 0.4) is 0 Å². The summed E-state index contributed by atoms with van der Waals surface area (Å²) in [6.07, 6.45) is -3.97. The molecule has 0 spiro atoms. The first-order valence-corrected chi connectivity index (χ1v) is 5.84. The Morgan fingerprint density at radius 1 is 1.05 bits per heavy atom. The number of aromatic nitrogens is 1. The van der Waals surface area contributed by atoms with E-state index >= 15 is 0 Å². The summed E-state index contributed by atoms with van der Waals surface area (Å²) in [6, 6.07) is 4.30. The van der Waals surface area contributed by atoms with Gasteiger partial charge in [0.25, 0.3) is 0 Å². The second-order valence-corrected chi connectivity index (χ2v) is 4.63. The summed E-state index contributed by atoms with van der Waals surface area (Å²) >= 11 is 0. The summed E-state index contributed by atoms with van der Waals surface area (Å²) in [5, 5.41) is 10.3. The first kappa shape index (κ1) is 15.4. The van der Waals surface area contributed by atoms with Gasteiger partial charge in [-0.25, -0.2) is 8.78 Å². The number of aliphatic hydroxyl groups is 1. The molecule has 0 bridgehead atoms. The first-order valence-electron chi connectivity index (χ1n) is 5.84. The lowest BCUT2D eigenvalue weighted by molar-refractivity contribution is -0.140. The number of rotatable bonds is 2. The van der Waals surface area contributed by atoms with Gasteiger partial charge in [-0.3, -0.25) is 4.98 Å². The van der Waals surface area contributed by atoms with Gasteiger partial charge in [-0.2, -0.15) is 13.2 Å². The van der Waals surface area contributed by atoms with Gasteiger partial charge in [0.1, 0.15) is 17.2 Å². The molecule has 1 heterocycles. The van der Waals surface area contributed by atoms with Crippen molar-refractivity contribution < 1.29 is 27.1 Å². The van der Waals surface area contributed by atoms with Crippen LogP contribution in [-0.2, 0) is 11.8 Å². The lowest BCUT2D eigenvalue weighted by atomic mass is 9.91. The largest absolute Gasteiger partial charge is 0.419 e. The third-order valence-electron chi connectivity index (χ3n) is 3.06. The Hall–Kier alpha value is -2.02. The van der Waals surface area contributed by atoms with Gasteiger partial charge in [-0.15, -0.1) is 0 Å². The highest BCUT2D eigenvalue weighted by Crippen LogP contribution is 2.34. The van der Waals surface area contributed by atoms with Crippen LogP contribution in [0.4, 0.5) is 22.0 Å². The van der Waals surface area contributed by atoms with Crippen LogP contribution in [0.25, 0.3) is 0 Å². The zero-order valence-corrected chi connectivity index (χ0v) is 10.7. The maximum absolute atomic E-state index is 13.5. The highest BCUT2D eigenvalue weighted by molar-refractivity contribution is 5.35. The van der Waals surface area contributed by atoms with Crippen molar-refractivity contribution in [1.29, 1.82) is 0 Å². The van der Waals surface area contributed by atoms with Crippen molar-refractivity contribution >= 4 is 0 Å². The maximum Gasteiger partial charge on any atom is 0.419 e. The van der Waals surface area contributed by atoms with Crippen molar-refractivity contribution in [2.75, 3.05) is 0 Å². The van der Waals surface area contributed by atoms with Crippen molar-refractivity contribution in [1.82, 2.24) is 4.98 Å². The molecule has 0 saturated heterocycles. The van der Waals surface area contributed by atoms with Gasteiger partial charge in [0, 0.05) is 0 Å². The molecule has 1 aromatic carbocycles. The molecule has 1 N–H and O–H groups in total. The third kappa shape index (κ3) is 3.02. The van der Waals surface area contributed by atoms with E-state index in [-0.39, 0.29) is 11.3 Å². The molecule has 2 nitrogen and oxygen atoms in total. The Morgan fingerprint density at radius 3 is 2.19 bits per heavy atom. The number of hydrogen-bond donors (Lipinski definition) is 1. The molecule has 0 saturated carbocycles. The summed E-state index contributed by atoms with van der Waals surface area (Å²) < 4.78 is 63.8. The number of nitrogens with zero attached hydrogens (tertiary/aromatic N) is 1. The Kier molecular flexibility index (Phi) is 3.71. The van der Waals surface area contributed by atoms with Gasteiger partial charge in [0.2, 0.25) is 0 Å². The zero-order valence-electron chi connectivity index (χ0n) is 10.7. The van der Waals surface area contributed by atoms with E-state index in [1.165, 1.54) is 13.0 Å². The molecular weight excluding hydrogens is 293 g/mol. The maximum atomic E-state index is 13.5. The van der Waals surface area contributed by atoms with E-state index < -0.39 is 29.0 Å². The average Bonchev–Trinajstić information content (AvgIpc) is 2.37. The lowest BCUT2D eigenvalue weighted by Crippen LogP contribution is -2.25. The summed E-state index contributed by atoms with van der Waals surface area (Å²) in [5.41, 5.74) is -3.40. The van der Waals surface area contributed by atoms with Gasteiger partial charge in [-0.1, -0.05) is 6.07 Å². The molecule has 1 unspecified atom stereocenters. The highest BCUT2D eigenvalue weighted by atomic mass is 19.4. The van der Waals surface area contributed by atoms with Gasteiger partial charge < -0.3 is 5.11 Å². The van der Waals surface area contributed by atoms with Crippen LogP contribution in [0.2, 0.25) is 0 Å². The molecule has 1 atom stereocenters. The van der Waals surface area contributed by atoms with Crippen molar-refractivity contribution in [3.05, 3.63) is 65.0 Å². The third-order valence-corrected chi connectivity index (χ3v) is 3.06. The van der Waals surface area contributed by atoms with Crippen LogP contribution in [0.5, 0.6) is 0 Å². The fourth-order valence-electron chi connectivity index (χ4n) is 1.86. The topological polar surface area (TPSA) is 33.1 Å². The molecule has 0 amide bonds. The number of pyridine rings is 1. The van der Waals surface area contributed by atoms with Crippen LogP contribution in [0.1, 0.15) is 23.7 Å². The van der Waals surface area contributed by atoms with E-state index in [9.17, 15) is 27.1 Å². The predicted octanol–water partition coefficient (Wildman–Crippen LogP) is 3.63. The molecule has 2 rings (SSSR count). The van der Waals surface area contributed by atoms with E-state index in [1.54, 1.807) is 0 Å². The second-order valence-electron chi connectivity index (χ2n) is 4.63. The monoisotopic (exact) mass is 303 g/mol. The van der Waals surface area contributed by atoms with Gasteiger partial charge >= 0.3 is 6.18 Å². The molecule has 0 aliphatic heterocycles. The van der Waals surface area contributed by atoms with Crippen LogP contribution < -0.4 is 0 Å². The molecule has 0 fully saturated rings. The molecule has 0 aliphatic rings. The van der Waals surface area contributed by atoms with Gasteiger partial charge in [-0.05, 0) is 36.8 Å². The Balaban J connectivity index is 2.46. The summed E-state index contributed by atoms with van der Waals surface area (Å²) in [6.45, 7) is 1.23. The molecule has 7 heteroatoms. The summed E-state index contributed by atoms with van der Waals surface area (Å²) in [7, 11) is 0. The van der Waals surface area contributed by atoms with E-state index in [0.717, 1.165) is 18.3 Å². The highest BCUT2D eigenvalue weighted by Gasteiger charge is 2.36. The van der Waals surface area contributed by atoms with Crippen molar-refractivity contribution in [2.45, 2.75) is 18.7 Å². The quantitative estimate of drug-likeness (QED) is 0.859. The smallest absolute Gasteiger partial charge is 0.379 e. The standard InChI is InChI=1S/C14H10F5NO/c1-13(21,12-5-3-9(15)7-20-12)8-2-4-10(11(16)6-8)14(17,18)19/h2-7,21H,1H3. The lowest BCUT2D eigenvalue weighted by Gasteiger charge is -2.24. The first-order chi connectivity index (χ1) is 9.62. The average molecular weight is 303 g/mol. The Bertz CT molecular complexity index is 649. The normalized spacial score (nSPS) is 14.8. The van der Waals surface area contributed by atoms with E-state index in [1.807, 2.05) is 0 Å². The minimum atomic E-state index is -4.82. The Labute approximate surface area is 116 Å². The van der Waals surface area contributed by atoms with E-state index in [2.05, 4.69) is 4.98 Å². The molecule has 112 valence electrons. The SMILES string of the molecule is CC(O)(c1ccc(C(F)(F)F)c(F)c1)c1ccc(F)cn1. The zero-order chi connectivity index (χ0) is 15.8. The number of benzene rings is 1. The number of hydrogen-bond acceptors (Lipinski definition) is 2. The number of halogens is 5. The van der Waals surface area contributed by atoms with E-state index in [4.69, 9.17) is 0 Å². The predicted molar refractivity (Wildman–Crippen MR) is 64.3 cm³/mol. The van der Waals surface area contributed by atoms with Crippen LogP contribution in [0.15, 0.2) is 36.5 Å². The fraction of sp³-hybridized carbons (Fsp3) is 0.214. The minimum absolute atomic E-state index is 0.0111. The Morgan fingerprint density at radius 2 is 1.71 bits per heavy atom. The van der Waals surface area contributed by atoms with Crippen molar-refractivity contribution in [3.63, 3.8) is 0 Å². The van der Waals surface area contributed by atoms with Crippen molar-refractivity contribution in [2.24, 2.45) is 0 Å². The van der Waals surface area contributed by atoms with Crippen LogP contribution in [-0.4, -0.2) is 10.1 Å². The molecular formula is C14H10F5NO. The molecule has 21 heavy (non-hydrogen) atoms. The molecule has 1 aromatic heterocycles. The van der Waals surface area contributed by atoms with Crippen molar-refractivity contribution in [3.8, 4) is 0 Å². The molecule has 0 aliphatic carbocycles. The van der Waals surface area contributed by atoms with Gasteiger partial charge in [0.15, 0.2) is 0 Å². The molecule has 0 radical (unpaired) electrons. The van der Waals surface area contributed by atoms with E-state index in [0.29, 0.717) is 12.1 Å². The molecule has 2 aromatic rings. The minimum Gasteiger partial charge on any atom is -0.379 e. The van der Waals surface area contributed by atoms with Gasteiger partial charge in [0.05, 0.1) is 17.5 Å². The summed E-state index contributed by atoms with van der Waals surface area (Å²) in [4.78, 5) is 3.66. The number of alkyl halides is 3. The fourth-order valence-corrected chi connectivity index (χ4v) is 1.86. The van der Waals surface area contributed by atoms with Crippen LogP contribution in [0, 0.1) is 11.6 Å². The van der Waals surface area contributed by atoms with Crippen LogP contribution >= 0.6 is 0 Å². The summed E-state index contributed by atoms with van der Waals surface area (Å²) in [5.74, 6) is -2.13. The second kappa shape index (κ2) is 5.07.